The van der Waals surface area contributed by atoms with Gasteiger partial charge in [0.05, 0.1) is 5.56 Å². The van der Waals surface area contributed by atoms with Gasteiger partial charge in [0.15, 0.2) is 0 Å². The molecule has 0 aliphatic carbocycles. The number of carbonyl (C=O) groups is 2. The fourth-order valence-electron chi connectivity index (χ4n) is 1.45. The van der Waals surface area contributed by atoms with Crippen LogP contribution in [0.1, 0.15) is 22.3 Å². The first-order valence-electron chi connectivity index (χ1n) is 5.37. The van der Waals surface area contributed by atoms with E-state index >= 15 is 0 Å². The van der Waals surface area contributed by atoms with Crippen LogP contribution in [-0.2, 0) is 4.79 Å². The number of amides is 1. The maximum absolute atomic E-state index is 11.9. The van der Waals surface area contributed by atoms with Gasteiger partial charge in [0.25, 0.3) is 5.91 Å². The SMILES string of the molecule is Cc1cccc(C(=O)N[C@H](CCO)C(=O)O)c1Br. The van der Waals surface area contributed by atoms with Gasteiger partial charge in [-0.1, -0.05) is 12.1 Å². The zero-order valence-corrected chi connectivity index (χ0v) is 11.4. The highest BCUT2D eigenvalue weighted by Crippen LogP contribution is 2.21. The summed E-state index contributed by atoms with van der Waals surface area (Å²) in [7, 11) is 0. The molecule has 0 unspecified atom stereocenters. The number of benzene rings is 1. The molecule has 0 fully saturated rings. The standard InChI is InChI=1S/C12H14BrNO4/c1-7-3-2-4-8(10(7)13)11(16)14-9(5-6-15)12(17)18/h2-4,9,15H,5-6H2,1H3,(H,14,16)(H,17,18)/t9-/m1/s1. The summed E-state index contributed by atoms with van der Waals surface area (Å²) in [6, 6.07) is 4.07. The minimum atomic E-state index is -1.17. The first-order valence-corrected chi connectivity index (χ1v) is 6.16. The average Bonchev–Trinajstić information content (AvgIpc) is 2.31. The van der Waals surface area contributed by atoms with Crippen molar-refractivity contribution in [1.29, 1.82) is 0 Å². The number of halogens is 1. The molecule has 0 aromatic heterocycles. The molecule has 0 aliphatic heterocycles. The molecular weight excluding hydrogens is 302 g/mol. The van der Waals surface area contributed by atoms with Gasteiger partial charge in [0, 0.05) is 17.5 Å². The normalized spacial score (nSPS) is 11.9. The number of carbonyl (C=O) groups excluding carboxylic acids is 1. The van der Waals surface area contributed by atoms with Crippen LogP contribution in [0.15, 0.2) is 22.7 Å². The third-order valence-corrected chi connectivity index (χ3v) is 3.51. The van der Waals surface area contributed by atoms with E-state index in [0.717, 1.165) is 5.56 Å². The Hall–Kier alpha value is -1.40. The zero-order valence-electron chi connectivity index (χ0n) is 9.81. The van der Waals surface area contributed by atoms with E-state index in [1.165, 1.54) is 0 Å². The minimum absolute atomic E-state index is 0.0233. The van der Waals surface area contributed by atoms with E-state index in [0.29, 0.717) is 10.0 Å². The van der Waals surface area contributed by atoms with E-state index in [2.05, 4.69) is 21.2 Å². The Bertz CT molecular complexity index is 461. The van der Waals surface area contributed by atoms with Crippen LogP contribution in [0.5, 0.6) is 0 Å². The maximum Gasteiger partial charge on any atom is 0.326 e. The number of hydrogen-bond donors (Lipinski definition) is 3. The van der Waals surface area contributed by atoms with Crippen LogP contribution in [0.3, 0.4) is 0 Å². The third kappa shape index (κ3) is 3.54. The molecule has 0 saturated carbocycles. The second-order valence-electron chi connectivity index (χ2n) is 3.81. The Balaban J connectivity index is 2.87. The number of carboxylic acid groups (broad SMARTS) is 1. The quantitative estimate of drug-likeness (QED) is 0.765. The van der Waals surface area contributed by atoms with Gasteiger partial charge in [0.2, 0.25) is 0 Å². The number of aliphatic hydroxyl groups is 1. The van der Waals surface area contributed by atoms with Gasteiger partial charge in [0.1, 0.15) is 6.04 Å². The Morgan fingerprint density at radius 2 is 2.11 bits per heavy atom. The Kier molecular flexibility index (Phi) is 5.30. The second-order valence-corrected chi connectivity index (χ2v) is 4.61. The zero-order chi connectivity index (χ0) is 13.7. The average molecular weight is 316 g/mol. The van der Waals surface area contributed by atoms with E-state index in [1.807, 2.05) is 13.0 Å². The van der Waals surface area contributed by atoms with Gasteiger partial charge in [-0.05, 0) is 34.5 Å². The lowest BCUT2D eigenvalue weighted by molar-refractivity contribution is -0.139. The van der Waals surface area contributed by atoms with Crippen LogP contribution in [0.25, 0.3) is 0 Å². The number of nitrogens with one attached hydrogen (secondary N) is 1. The number of aliphatic hydroxyl groups excluding tert-OH is 1. The molecular formula is C12H14BrNO4. The van der Waals surface area contributed by atoms with E-state index in [-0.39, 0.29) is 13.0 Å². The van der Waals surface area contributed by atoms with Gasteiger partial charge in [-0.25, -0.2) is 4.79 Å². The highest BCUT2D eigenvalue weighted by molar-refractivity contribution is 9.10. The van der Waals surface area contributed by atoms with E-state index < -0.39 is 17.9 Å². The van der Waals surface area contributed by atoms with Crippen molar-refractivity contribution >= 4 is 27.8 Å². The number of hydrogen-bond acceptors (Lipinski definition) is 3. The summed E-state index contributed by atoms with van der Waals surface area (Å²) in [5, 5.41) is 20.0. The van der Waals surface area contributed by atoms with E-state index in [9.17, 15) is 9.59 Å². The van der Waals surface area contributed by atoms with Crippen molar-refractivity contribution < 1.29 is 19.8 Å². The Labute approximate surface area is 113 Å². The van der Waals surface area contributed by atoms with Crippen molar-refractivity contribution in [2.24, 2.45) is 0 Å². The highest BCUT2D eigenvalue weighted by atomic mass is 79.9. The smallest absolute Gasteiger partial charge is 0.326 e. The van der Waals surface area contributed by atoms with Gasteiger partial charge in [-0.2, -0.15) is 0 Å². The summed E-state index contributed by atoms with van der Waals surface area (Å²) in [6.45, 7) is 1.54. The number of carboxylic acids is 1. The summed E-state index contributed by atoms with van der Waals surface area (Å²) in [4.78, 5) is 22.8. The van der Waals surface area contributed by atoms with Gasteiger partial charge < -0.3 is 15.5 Å². The molecule has 1 aromatic rings. The van der Waals surface area contributed by atoms with Crippen molar-refractivity contribution in [3.05, 3.63) is 33.8 Å². The lowest BCUT2D eigenvalue weighted by atomic mass is 10.1. The molecule has 5 nitrogen and oxygen atoms in total. The molecule has 1 amide bonds. The minimum Gasteiger partial charge on any atom is -0.480 e. The molecule has 1 rings (SSSR count). The topological polar surface area (TPSA) is 86.6 Å². The largest absolute Gasteiger partial charge is 0.480 e. The fraction of sp³-hybridized carbons (Fsp3) is 0.333. The molecule has 0 saturated heterocycles. The molecule has 0 heterocycles. The van der Waals surface area contributed by atoms with Crippen molar-refractivity contribution in [3.63, 3.8) is 0 Å². The summed E-state index contributed by atoms with van der Waals surface area (Å²) < 4.78 is 0.635. The van der Waals surface area contributed by atoms with Crippen molar-refractivity contribution in [2.45, 2.75) is 19.4 Å². The van der Waals surface area contributed by atoms with Crippen LogP contribution in [0, 0.1) is 6.92 Å². The predicted octanol–water partition coefficient (Wildman–Crippen LogP) is 1.32. The summed E-state index contributed by atoms with van der Waals surface area (Å²) >= 11 is 3.29. The van der Waals surface area contributed by atoms with Crippen molar-refractivity contribution in [1.82, 2.24) is 5.32 Å². The fourth-order valence-corrected chi connectivity index (χ4v) is 1.89. The lowest BCUT2D eigenvalue weighted by Gasteiger charge is -2.14. The van der Waals surface area contributed by atoms with Crippen molar-refractivity contribution in [3.8, 4) is 0 Å². The number of aryl methyl sites for hydroxylation is 1. The van der Waals surface area contributed by atoms with E-state index in [4.69, 9.17) is 10.2 Å². The number of aliphatic carboxylic acids is 1. The molecule has 0 aliphatic rings. The second kappa shape index (κ2) is 6.51. The molecule has 3 N–H and O–H groups in total. The van der Waals surface area contributed by atoms with Crippen LogP contribution >= 0.6 is 15.9 Å². The maximum atomic E-state index is 11.9. The molecule has 6 heteroatoms. The molecule has 0 bridgehead atoms. The molecule has 98 valence electrons. The Morgan fingerprint density at radius 3 is 2.67 bits per heavy atom. The molecule has 1 atom stereocenters. The van der Waals surface area contributed by atoms with Crippen LogP contribution in [0.2, 0.25) is 0 Å². The third-order valence-electron chi connectivity index (χ3n) is 2.46. The molecule has 0 radical (unpaired) electrons. The van der Waals surface area contributed by atoms with Crippen LogP contribution in [-0.4, -0.2) is 34.7 Å². The van der Waals surface area contributed by atoms with Gasteiger partial charge in [-0.3, -0.25) is 4.79 Å². The van der Waals surface area contributed by atoms with Crippen molar-refractivity contribution in [2.75, 3.05) is 6.61 Å². The molecule has 18 heavy (non-hydrogen) atoms. The lowest BCUT2D eigenvalue weighted by Crippen LogP contribution is -2.41. The van der Waals surface area contributed by atoms with Gasteiger partial charge >= 0.3 is 5.97 Å². The highest BCUT2D eigenvalue weighted by Gasteiger charge is 2.21. The predicted molar refractivity (Wildman–Crippen MR) is 69.5 cm³/mol. The summed E-state index contributed by atoms with van der Waals surface area (Å²) in [5.74, 6) is -1.65. The Morgan fingerprint density at radius 1 is 1.44 bits per heavy atom. The molecule has 1 aromatic carbocycles. The summed E-state index contributed by atoms with van der Waals surface area (Å²) in [5.41, 5.74) is 1.26. The first-order chi connectivity index (χ1) is 8.47. The molecule has 0 spiro atoms. The monoisotopic (exact) mass is 315 g/mol. The van der Waals surface area contributed by atoms with Gasteiger partial charge in [-0.15, -0.1) is 0 Å². The van der Waals surface area contributed by atoms with Crippen LogP contribution < -0.4 is 5.32 Å². The number of rotatable bonds is 5. The first kappa shape index (κ1) is 14.7. The van der Waals surface area contributed by atoms with E-state index in [1.54, 1.807) is 12.1 Å². The summed E-state index contributed by atoms with van der Waals surface area (Å²) in [6.07, 6.45) is -0.0233. The van der Waals surface area contributed by atoms with Crippen LogP contribution in [0.4, 0.5) is 0 Å².